The average molecular weight is 341 g/mol. The number of carbonyl (C=O) groups is 2. The number of rotatable bonds is 5. The maximum absolute atomic E-state index is 12.0. The Morgan fingerprint density at radius 1 is 1.32 bits per heavy atom. The van der Waals surface area contributed by atoms with Gasteiger partial charge in [0.15, 0.2) is 0 Å². The first-order valence-corrected chi connectivity index (χ1v) is 8.43. The Balaban J connectivity index is 1.57. The monoisotopic (exact) mass is 341 g/mol. The van der Waals surface area contributed by atoms with Gasteiger partial charge in [-0.2, -0.15) is 5.10 Å². The number of aromatic nitrogens is 2. The van der Waals surface area contributed by atoms with Gasteiger partial charge in [-0.3, -0.25) is 14.3 Å². The number of carbonyl (C=O) groups excluding carboxylic acids is 2. The number of nitrogens with zero attached hydrogens (tertiary/aromatic N) is 3. The van der Waals surface area contributed by atoms with Crippen LogP contribution in [0.2, 0.25) is 0 Å². The summed E-state index contributed by atoms with van der Waals surface area (Å²) in [7, 11) is 1.78. The van der Waals surface area contributed by atoms with Gasteiger partial charge in [0.25, 0.3) is 5.91 Å². The van der Waals surface area contributed by atoms with Gasteiger partial charge in [0.2, 0.25) is 5.91 Å². The summed E-state index contributed by atoms with van der Waals surface area (Å²) >= 11 is 0. The first-order valence-electron chi connectivity index (χ1n) is 8.43. The molecule has 2 heterocycles. The molecule has 1 aromatic carbocycles. The van der Waals surface area contributed by atoms with Crippen LogP contribution in [0.4, 0.5) is 5.69 Å². The highest BCUT2D eigenvalue weighted by molar-refractivity contribution is 5.93. The van der Waals surface area contributed by atoms with Crippen LogP contribution in [-0.4, -0.2) is 34.7 Å². The Labute approximate surface area is 146 Å². The van der Waals surface area contributed by atoms with Crippen molar-refractivity contribution < 1.29 is 9.59 Å². The van der Waals surface area contributed by atoms with E-state index in [1.807, 2.05) is 24.3 Å². The molecule has 132 valence electrons. The highest BCUT2D eigenvalue weighted by Gasteiger charge is 2.24. The molecule has 1 atom stereocenters. The van der Waals surface area contributed by atoms with E-state index in [9.17, 15) is 9.59 Å². The highest BCUT2D eigenvalue weighted by atomic mass is 16.2. The molecule has 0 bridgehead atoms. The van der Waals surface area contributed by atoms with Crippen LogP contribution in [-0.2, 0) is 18.4 Å². The van der Waals surface area contributed by atoms with Gasteiger partial charge in [-0.25, -0.2) is 0 Å². The number of benzene rings is 1. The zero-order valence-electron chi connectivity index (χ0n) is 14.3. The van der Waals surface area contributed by atoms with Crippen LogP contribution in [0.25, 0.3) is 0 Å². The minimum absolute atomic E-state index is 0.0767. The molecule has 7 heteroatoms. The average Bonchev–Trinajstić information content (AvgIpc) is 3.07. The minimum atomic E-state index is -0.223. The molecule has 1 saturated heterocycles. The molecule has 0 saturated carbocycles. The molecule has 1 aliphatic rings. The lowest BCUT2D eigenvalue weighted by Crippen LogP contribution is -2.41. The molecule has 3 rings (SSSR count). The van der Waals surface area contributed by atoms with Crippen molar-refractivity contribution in [3.8, 4) is 0 Å². The topological polar surface area (TPSA) is 93.3 Å². The van der Waals surface area contributed by atoms with Crippen molar-refractivity contribution in [3.63, 3.8) is 0 Å². The van der Waals surface area contributed by atoms with Crippen LogP contribution < -0.4 is 16.0 Å². The Hall–Kier alpha value is -2.83. The summed E-state index contributed by atoms with van der Waals surface area (Å²) in [6.45, 7) is 2.06. The molecule has 1 unspecified atom stereocenters. The van der Waals surface area contributed by atoms with E-state index < -0.39 is 0 Å². The van der Waals surface area contributed by atoms with Crippen LogP contribution in [0.1, 0.15) is 28.8 Å². The number of hydrogen-bond donors (Lipinski definition) is 2. The summed E-state index contributed by atoms with van der Waals surface area (Å²) in [5.41, 5.74) is 8.08. The molecular formula is C18H23N5O2. The van der Waals surface area contributed by atoms with Crippen molar-refractivity contribution in [2.24, 2.45) is 18.7 Å². The molecule has 1 fully saturated rings. The third-order valence-electron chi connectivity index (χ3n) is 4.55. The molecular weight excluding hydrogens is 318 g/mol. The van der Waals surface area contributed by atoms with Crippen LogP contribution in [0, 0.1) is 5.92 Å². The van der Waals surface area contributed by atoms with Gasteiger partial charge < -0.3 is 16.0 Å². The number of nitrogens with two attached hydrogens (primary N) is 1. The minimum Gasteiger partial charge on any atom is -0.371 e. The Morgan fingerprint density at radius 2 is 2.08 bits per heavy atom. The summed E-state index contributed by atoms with van der Waals surface area (Å²) in [5, 5.41) is 6.87. The maximum atomic E-state index is 12.0. The first kappa shape index (κ1) is 17.0. The summed E-state index contributed by atoms with van der Waals surface area (Å²) < 4.78 is 1.60. The summed E-state index contributed by atoms with van der Waals surface area (Å²) in [6.07, 6.45) is 5.06. The molecule has 0 aliphatic carbocycles. The number of anilines is 1. The number of aryl methyl sites for hydroxylation is 1. The Morgan fingerprint density at radius 3 is 2.72 bits per heavy atom. The predicted molar refractivity (Wildman–Crippen MR) is 95.0 cm³/mol. The second kappa shape index (κ2) is 7.38. The van der Waals surface area contributed by atoms with E-state index in [4.69, 9.17) is 5.73 Å². The molecule has 2 aromatic rings. The zero-order valence-corrected chi connectivity index (χ0v) is 14.3. The molecule has 1 aromatic heterocycles. The van der Waals surface area contributed by atoms with E-state index in [1.165, 1.54) is 0 Å². The Bertz CT molecular complexity index is 753. The molecule has 25 heavy (non-hydrogen) atoms. The number of hydrogen-bond acceptors (Lipinski definition) is 4. The van der Waals surface area contributed by atoms with E-state index in [1.54, 1.807) is 24.1 Å². The third-order valence-corrected chi connectivity index (χ3v) is 4.55. The van der Waals surface area contributed by atoms with Gasteiger partial charge in [0.1, 0.15) is 0 Å². The molecule has 0 radical (unpaired) electrons. The fourth-order valence-electron chi connectivity index (χ4n) is 3.09. The molecule has 0 spiro atoms. The lowest BCUT2D eigenvalue weighted by atomic mass is 9.97. The zero-order chi connectivity index (χ0) is 17.8. The van der Waals surface area contributed by atoms with Crippen molar-refractivity contribution in [2.45, 2.75) is 19.4 Å². The number of primary amides is 1. The van der Waals surface area contributed by atoms with Crippen LogP contribution in [0.15, 0.2) is 36.7 Å². The highest BCUT2D eigenvalue weighted by Crippen LogP contribution is 2.23. The fraction of sp³-hybridized carbons (Fsp3) is 0.389. The smallest absolute Gasteiger partial charge is 0.254 e. The van der Waals surface area contributed by atoms with Gasteiger partial charge in [0, 0.05) is 38.6 Å². The van der Waals surface area contributed by atoms with Gasteiger partial charge in [-0.05, 0) is 30.5 Å². The van der Waals surface area contributed by atoms with Crippen LogP contribution in [0.5, 0.6) is 0 Å². The van der Waals surface area contributed by atoms with Crippen molar-refractivity contribution in [3.05, 3.63) is 47.8 Å². The second-order valence-corrected chi connectivity index (χ2v) is 6.44. The number of nitrogens with one attached hydrogen (secondary N) is 1. The Kier molecular flexibility index (Phi) is 5.02. The summed E-state index contributed by atoms with van der Waals surface area (Å²) in [5.74, 6) is -0.441. The predicted octanol–water partition coefficient (Wildman–Crippen LogP) is 1.05. The van der Waals surface area contributed by atoms with Gasteiger partial charge in [0.05, 0.1) is 17.7 Å². The molecule has 1 aliphatic heterocycles. The molecule has 7 nitrogen and oxygen atoms in total. The normalized spacial score (nSPS) is 17.3. The lowest BCUT2D eigenvalue weighted by molar-refractivity contribution is -0.122. The first-order chi connectivity index (χ1) is 12.0. The standard InChI is InChI=1S/C18H23N5O2/c1-22-11-15(10-21-22)18(25)20-9-13-4-6-16(7-5-13)23-8-2-3-14(12-23)17(19)24/h4-7,10-11,14H,2-3,8-9,12H2,1H3,(H2,19,24)(H,20,25). The van der Waals surface area contributed by atoms with E-state index in [-0.39, 0.29) is 17.7 Å². The van der Waals surface area contributed by atoms with E-state index in [0.29, 0.717) is 18.7 Å². The van der Waals surface area contributed by atoms with Crippen molar-refractivity contribution in [1.29, 1.82) is 0 Å². The molecule has 3 N–H and O–H groups in total. The maximum Gasteiger partial charge on any atom is 0.254 e. The summed E-state index contributed by atoms with van der Waals surface area (Å²) in [4.78, 5) is 25.6. The van der Waals surface area contributed by atoms with E-state index >= 15 is 0 Å². The van der Waals surface area contributed by atoms with E-state index in [2.05, 4.69) is 15.3 Å². The number of amides is 2. The van der Waals surface area contributed by atoms with Crippen LogP contribution >= 0.6 is 0 Å². The van der Waals surface area contributed by atoms with Crippen molar-refractivity contribution >= 4 is 17.5 Å². The summed E-state index contributed by atoms with van der Waals surface area (Å²) in [6, 6.07) is 8.03. The van der Waals surface area contributed by atoms with Gasteiger partial charge >= 0.3 is 0 Å². The largest absolute Gasteiger partial charge is 0.371 e. The number of piperidine rings is 1. The fourth-order valence-corrected chi connectivity index (χ4v) is 3.09. The lowest BCUT2D eigenvalue weighted by Gasteiger charge is -2.33. The quantitative estimate of drug-likeness (QED) is 0.850. The van der Waals surface area contributed by atoms with Gasteiger partial charge in [-0.15, -0.1) is 0 Å². The van der Waals surface area contributed by atoms with Crippen molar-refractivity contribution in [1.82, 2.24) is 15.1 Å². The second-order valence-electron chi connectivity index (χ2n) is 6.44. The molecule has 2 amide bonds. The third kappa shape index (κ3) is 4.17. The van der Waals surface area contributed by atoms with Crippen molar-refractivity contribution in [2.75, 3.05) is 18.0 Å². The van der Waals surface area contributed by atoms with Crippen LogP contribution in [0.3, 0.4) is 0 Å². The van der Waals surface area contributed by atoms with Gasteiger partial charge in [-0.1, -0.05) is 12.1 Å². The van der Waals surface area contributed by atoms with E-state index in [0.717, 1.165) is 30.6 Å². The SMILES string of the molecule is Cn1cc(C(=O)NCc2ccc(N3CCCC(C(N)=O)C3)cc2)cn1.